The minimum atomic E-state index is -4.37. The highest BCUT2D eigenvalue weighted by Crippen LogP contribution is 2.34. The molecule has 3 rings (SSSR count). The molecule has 26 heavy (non-hydrogen) atoms. The van der Waals surface area contributed by atoms with Crippen molar-refractivity contribution in [3.05, 3.63) is 35.9 Å². The third-order valence-electron chi connectivity index (χ3n) is 5.03. The van der Waals surface area contributed by atoms with Crippen molar-refractivity contribution >= 4 is 11.8 Å². The number of alkyl halides is 3. The van der Waals surface area contributed by atoms with Gasteiger partial charge in [0.2, 0.25) is 11.8 Å². The molecule has 142 valence electrons. The number of carbonyl (C=O) groups excluding carboxylic acids is 2. The Morgan fingerprint density at radius 2 is 1.96 bits per heavy atom. The van der Waals surface area contributed by atoms with Gasteiger partial charge >= 0.3 is 6.18 Å². The molecule has 2 aliphatic heterocycles. The first-order valence-corrected chi connectivity index (χ1v) is 8.73. The maximum atomic E-state index is 13.4. The summed E-state index contributed by atoms with van der Waals surface area (Å²) in [6, 6.07) is 8.34. The SMILES string of the molecule is O=C1CCC(C(=O)N[C@@H]2CN(Cc3ccccc3)C[C@H]2C(F)(F)F)CN1. The first-order chi connectivity index (χ1) is 12.3. The Morgan fingerprint density at radius 3 is 2.58 bits per heavy atom. The quantitative estimate of drug-likeness (QED) is 0.849. The van der Waals surface area contributed by atoms with E-state index in [2.05, 4.69) is 10.6 Å². The second-order valence-corrected chi connectivity index (χ2v) is 6.98. The number of halogens is 3. The normalized spacial score (nSPS) is 27.2. The zero-order chi connectivity index (χ0) is 18.7. The number of nitrogens with zero attached hydrogens (tertiary/aromatic N) is 1. The van der Waals surface area contributed by atoms with Crippen molar-refractivity contribution < 1.29 is 22.8 Å². The maximum absolute atomic E-state index is 13.4. The summed E-state index contributed by atoms with van der Waals surface area (Å²) in [6.45, 7) is 0.621. The summed E-state index contributed by atoms with van der Waals surface area (Å²) >= 11 is 0. The summed E-state index contributed by atoms with van der Waals surface area (Å²) < 4.78 is 40.3. The van der Waals surface area contributed by atoms with E-state index >= 15 is 0 Å². The molecule has 2 N–H and O–H groups in total. The lowest BCUT2D eigenvalue weighted by atomic mass is 9.96. The van der Waals surface area contributed by atoms with Crippen LogP contribution in [0.25, 0.3) is 0 Å². The van der Waals surface area contributed by atoms with E-state index in [0.29, 0.717) is 13.0 Å². The molecule has 2 heterocycles. The van der Waals surface area contributed by atoms with Crippen LogP contribution in [-0.2, 0) is 16.1 Å². The minimum Gasteiger partial charge on any atom is -0.355 e. The number of hydrogen-bond acceptors (Lipinski definition) is 3. The van der Waals surface area contributed by atoms with Crippen LogP contribution in [0, 0.1) is 11.8 Å². The molecule has 2 amide bonds. The van der Waals surface area contributed by atoms with Gasteiger partial charge < -0.3 is 10.6 Å². The Bertz CT molecular complexity index is 641. The van der Waals surface area contributed by atoms with Crippen LogP contribution in [0.15, 0.2) is 30.3 Å². The topological polar surface area (TPSA) is 61.4 Å². The zero-order valence-corrected chi connectivity index (χ0v) is 14.3. The smallest absolute Gasteiger partial charge is 0.355 e. The van der Waals surface area contributed by atoms with Crippen LogP contribution in [0.5, 0.6) is 0 Å². The van der Waals surface area contributed by atoms with E-state index in [4.69, 9.17) is 0 Å². The zero-order valence-electron chi connectivity index (χ0n) is 14.3. The minimum absolute atomic E-state index is 0.128. The molecule has 0 aromatic heterocycles. The number of amides is 2. The van der Waals surface area contributed by atoms with E-state index in [1.54, 1.807) is 4.90 Å². The summed E-state index contributed by atoms with van der Waals surface area (Å²) in [5, 5.41) is 5.17. The van der Waals surface area contributed by atoms with Gasteiger partial charge in [-0.1, -0.05) is 30.3 Å². The van der Waals surface area contributed by atoms with Crippen molar-refractivity contribution in [3.63, 3.8) is 0 Å². The van der Waals surface area contributed by atoms with Crippen LogP contribution < -0.4 is 10.6 Å². The Hall–Kier alpha value is -2.09. The van der Waals surface area contributed by atoms with E-state index in [1.165, 1.54) is 0 Å². The fourth-order valence-corrected chi connectivity index (χ4v) is 3.59. The van der Waals surface area contributed by atoms with E-state index in [9.17, 15) is 22.8 Å². The lowest BCUT2D eigenvalue weighted by Gasteiger charge is -2.26. The highest BCUT2D eigenvalue weighted by atomic mass is 19.4. The summed E-state index contributed by atoms with van der Waals surface area (Å²) in [6.07, 6.45) is -3.77. The summed E-state index contributed by atoms with van der Waals surface area (Å²) in [4.78, 5) is 25.3. The molecule has 0 aliphatic carbocycles. The van der Waals surface area contributed by atoms with Crippen molar-refractivity contribution in [2.24, 2.45) is 11.8 Å². The average molecular weight is 369 g/mol. The number of carbonyl (C=O) groups is 2. The molecule has 3 atom stereocenters. The highest BCUT2D eigenvalue weighted by molar-refractivity contribution is 5.83. The van der Waals surface area contributed by atoms with Gasteiger partial charge in [0, 0.05) is 32.6 Å². The van der Waals surface area contributed by atoms with Crippen LogP contribution in [-0.4, -0.2) is 48.6 Å². The number of benzene rings is 1. The van der Waals surface area contributed by atoms with Crippen molar-refractivity contribution in [2.75, 3.05) is 19.6 Å². The molecular formula is C18H22F3N3O2. The van der Waals surface area contributed by atoms with Crippen LogP contribution in [0.1, 0.15) is 18.4 Å². The van der Waals surface area contributed by atoms with Crippen LogP contribution in [0.4, 0.5) is 13.2 Å². The maximum Gasteiger partial charge on any atom is 0.395 e. The highest BCUT2D eigenvalue weighted by Gasteiger charge is 2.50. The lowest BCUT2D eigenvalue weighted by molar-refractivity contribution is -0.176. The van der Waals surface area contributed by atoms with Gasteiger partial charge in [-0.2, -0.15) is 13.2 Å². The first-order valence-electron chi connectivity index (χ1n) is 8.73. The van der Waals surface area contributed by atoms with Crippen LogP contribution in [0.3, 0.4) is 0 Å². The molecule has 2 saturated heterocycles. The van der Waals surface area contributed by atoms with Gasteiger partial charge in [-0.05, 0) is 12.0 Å². The Morgan fingerprint density at radius 1 is 1.23 bits per heavy atom. The van der Waals surface area contributed by atoms with Gasteiger partial charge in [0.05, 0.1) is 17.9 Å². The molecule has 2 fully saturated rings. The van der Waals surface area contributed by atoms with E-state index < -0.39 is 30.0 Å². The predicted molar refractivity (Wildman–Crippen MR) is 88.9 cm³/mol. The molecule has 2 aliphatic rings. The molecule has 0 bridgehead atoms. The monoisotopic (exact) mass is 369 g/mol. The van der Waals surface area contributed by atoms with Crippen molar-refractivity contribution in [1.29, 1.82) is 0 Å². The van der Waals surface area contributed by atoms with Gasteiger partial charge in [0.25, 0.3) is 0 Å². The molecule has 1 aromatic carbocycles. The Balaban J connectivity index is 1.63. The van der Waals surface area contributed by atoms with Gasteiger partial charge in [-0.15, -0.1) is 0 Å². The van der Waals surface area contributed by atoms with Crippen molar-refractivity contribution in [1.82, 2.24) is 15.5 Å². The number of hydrogen-bond donors (Lipinski definition) is 2. The fourth-order valence-electron chi connectivity index (χ4n) is 3.59. The number of nitrogens with one attached hydrogen (secondary N) is 2. The van der Waals surface area contributed by atoms with Crippen molar-refractivity contribution in [2.45, 2.75) is 31.6 Å². The summed E-state index contributed by atoms with van der Waals surface area (Å²) in [5.41, 5.74) is 0.940. The first kappa shape index (κ1) is 18.7. The third-order valence-corrected chi connectivity index (χ3v) is 5.03. The van der Waals surface area contributed by atoms with E-state index in [0.717, 1.165) is 5.56 Å². The number of likely N-dealkylation sites (tertiary alicyclic amines) is 1. The Labute approximate surface area is 149 Å². The summed E-state index contributed by atoms with van der Waals surface area (Å²) in [5.74, 6) is -2.60. The molecule has 0 radical (unpaired) electrons. The van der Waals surface area contributed by atoms with E-state index in [-0.39, 0.29) is 32.0 Å². The van der Waals surface area contributed by atoms with Crippen LogP contribution in [0.2, 0.25) is 0 Å². The molecule has 5 nitrogen and oxygen atoms in total. The predicted octanol–water partition coefficient (Wildman–Crippen LogP) is 1.69. The largest absolute Gasteiger partial charge is 0.395 e. The van der Waals surface area contributed by atoms with Gasteiger partial charge in [-0.25, -0.2) is 0 Å². The lowest BCUT2D eigenvalue weighted by Crippen LogP contribution is -2.50. The molecule has 8 heteroatoms. The van der Waals surface area contributed by atoms with Crippen molar-refractivity contribution in [3.8, 4) is 0 Å². The van der Waals surface area contributed by atoms with Gasteiger partial charge in [0.1, 0.15) is 0 Å². The number of piperidine rings is 1. The van der Waals surface area contributed by atoms with Crippen LogP contribution >= 0.6 is 0 Å². The second-order valence-electron chi connectivity index (χ2n) is 6.98. The fraction of sp³-hybridized carbons (Fsp3) is 0.556. The summed E-state index contributed by atoms with van der Waals surface area (Å²) in [7, 11) is 0. The molecule has 0 saturated carbocycles. The number of rotatable bonds is 4. The Kier molecular flexibility index (Phi) is 5.50. The molecular weight excluding hydrogens is 347 g/mol. The average Bonchev–Trinajstić information content (AvgIpc) is 2.99. The molecule has 0 spiro atoms. The van der Waals surface area contributed by atoms with Gasteiger partial charge in [0.15, 0.2) is 0 Å². The standard InChI is InChI=1S/C18H22F3N3O2/c19-18(20,21)14-10-24(9-12-4-2-1-3-5-12)11-15(14)23-17(26)13-6-7-16(25)22-8-13/h1-5,13-15H,6-11H2,(H,22,25)(H,23,26)/t13?,14-,15-/m1/s1. The second kappa shape index (κ2) is 7.65. The third kappa shape index (κ3) is 4.55. The molecule has 1 aromatic rings. The molecule has 1 unspecified atom stereocenters. The van der Waals surface area contributed by atoms with Gasteiger partial charge in [-0.3, -0.25) is 14.5 Å². The van der Waals surface area contributed by atoms with E-state index in [1.807, 2.05) is 30.3 Å².